The molecule has 6 nitrogen and oxygen atoms in total. The smallest absolute Gasteiger partial charge is 0.343 e. The summed E-state index contributed by atoms with van der Waals surface area (Å²) in [5, 5.41) is 7.42. The van der Waals surface area contributed by atoms with E-state index < -0.39 is 0 Å². The van der Waals surface area contributed by atoms with Crippen LogP contribution in [0.2, 0.25) is 0 Å². The summed E-state index contributed by atoms with van der Waals surface area (Å²) in [5.41, 5.74) is 5.32. The van der Waals surface area contributed by atoms with Crippen molar-refractivity contribution in [2.75, 3.05) is 20.3 Å². The van der Waals surface area contributed by atoms with Crippen LogP contribution in [0.5, 0.6) is 5.75 Å². The molecule has 0 bridgehead atoms. The van der Waals surface area contributed by atoms with Crippen LogP contribution >= 0.6 is 0 Å². The van der Waals surface area contributed by atoms with Crippen molar-refractivity contribution in [1.82, 2.24) is 10.5 Å². The number of nitrogens with one attached hydrogen (secondary N) is 1. The highest BCUT2D eigenvalue weighted by Crippen LogP contribution is 2.25. The predicted molar refractivity (Wildman–Crippen MR) is 94.8 cm³/mol. The molecule has 0 aliphatic heterocycles. The third-order valence-corrected chi connectivity index (χ3v) is 4.14. The number of methoxy groups -OCH3 is 1. The number of esters is 1. The Kier molecular flexibility index (Phi) is 6.58. The summed E-state index contributed by atoms with van der Waals surface area (Å²) < 4.78 is 15.3. The van der Waals surface area contributed by atoms with Gasteiger partial charge in [-0.05, 0) is 57.4 Å². The largest absolute Gasteiger partial charge is 0.481 e. The van der Waals surface area contributed by atoms with E-state index in [2.05, 4.69) is 27.3 Å². The molecule has 1 N–H and O–H groups in total. The number of hydrogen-bond acceptors (Lipinski definition) is 6. The summed E-state index contributed by atoms with van der Waals surface area (Å²) in [6, 6.07) is 4.14. The van der Waals surface area contributed by atoms with Crippen LogP contribution in [0.25, 0.3) is 0 Å². The second-order valence-corrected chi connectivity index (χ2v) is 6.15. The molecule has 136 valence electrons. The Hall–Kier alpha value is -2.34. The first-order valence-corrected chi connectivity index (χ1v) is 8.34. The van der Waals surface area contributed by atoms with Crippen LogP contribution in [-0.2, 0) is 22.5 Å². The Morgan fingerprint density at radius 2 is 1.88 bits per heavy atom. The predicted octanol–water partition coefficient (Wildman–Crippen LogP) is 2.79. The van der Waals surface area contributed by atoms with Crippen LogP contribution in [0.1, 0.15) is 33.7 Å². The molecule has 6 heteroatoms. The van der Waals surface area contributed by atoms with Crippen LogP contribution in [-0.4, -0.2) is 31.4 Å². The molecule has 0 fully saturated rings. The van der Waals surface area contributed by atoms with Gasteiger partial charge in [0.05, 0.1) is 12.8 Å². The van der Waals surface area contributed by atoms with Gasteiger partial charge >= 0.3 is 5.97 Å². The zero-order valence-corrected chi connectivity index (χ0v) is 15.6. The van der Waals surface area contributed by atoms with Gasteiger partial charge in [0.1, 0.15) is 11.5 Å². The Bertz CT molecular complexity index is 695. The van der Waals surface area contributed by atoms with Crippen LogP contribution in [0.3, 0.4) is 0 Å². The number of nitrogens with zero attached hydrogens (tertiary/aromatic N) is 1. The van der Waals surface area contributed by atoms with Crippen LogP contribution in [0, 0.1) is 27.7 Å². The third kappa shape index (κ3) is 5.06. The number of carbonyl (C=O) groups is 1. The molecule has 2 rings (SSSR count). The van der Waals surface area contributed by atoms with E-state index in [0.717, 1.165) is 47.8 Å². The van der Waals surface area contributed by atoms with E-state index in [1.54, 1.807) is 0 Å². The minimum atomic E-state index is -0.385. The Balaban J connectivity index is 1.89. The first-order chi connectivity index (χ1) is 11.9. The molecule has 0 saturated heterocycles. The molecular formula is C19H26N2O4. The van der Waals surface area contributed by atoms with Gasteiger partial charge in [-0.25, -0.2) is 4.79 Å². The van der Waals surface area contributed by atoms with Crippen molar-refractivity contribution in [3.8, 4) is 5.75 Å². The summed E-state index contributed by atoms with van der Waals surface area (Å²) in [4.78, 5) is 11.2. The molecule has 0 spiro atoms. The summed E-state index contributed by atoms with van der Waals surface area (Å²) in [5.74, 6) is 1.24. The minimum absolute atomic E-state index is 0.0762. The van der Waals surface area contributed by atoms with E-state index in [1.165, 1.54) is 18.2 Å². The molecule has 25 heavy (non-hydrogen) atoms. The summed E-state index contributed by atoms with van der Waals surface area (Å²) in [6.45, 7) is 9.40. The number of benzene rings is 1. The average molecular weight is 346 g/mol. The molecule has 1 aromatic carbocycles. The molecule has 0 atom stereocenters. The highest BCUT2D eigenvalue weighted by atomic mass is 16.6. The van der Waals surface area contributed by atoms with Gasteiger partial charge in [-0.3, -0.25) is 0 Å². The molecule has 1 heterocycles. The monoisotopic (exact) mass is 346 g/mol. The van der Waals surface area contributed by atoms with Gasteiger partial charge in [-0.2, -0.15) is 0 Å². The van der Waals surface area contributed by atoms with Gasteiger partial charge in [0, 0.05) is 12.1 Å². The molecule has 2 aromatic rings. The molecule has 0 radical (unpaired) electrons. The van der Waals surface area contributed by atoms with Gasteiger partial charge < -0.3 is 19.3 Å². The van der Waals surface area contributed by atoms with Crippen molar-refractivity contribution >= 4 is 5.97 Å². The standard InChI is InChI=1S/C19H26N2O4/c1-12-8-16(9-13(2)19(12)24-11-18(22)23-5)10-20-7-6-17-14(3)21-25-15(17)4/h8-9,20H,6-7,10-11H2,1-5H3. The van der Waals surface area contributed by atoms with Crippen LogP contribution < -0.4 is 10.1 Å². The van der Waals surface area contributed by atoms with Crippen molar-refractivity contribution in [2.24, 2.45) is 0 Å². The van der Waals surface area contributed by atoms with Crippen LogP contribution in [0.15, 0.2) is 16.7 Å². The van der Waals surface area contributed by atoms with Gasteiger partial charge in [0.25, 0.3) is 0 Å². The molecular weight excluding hydrogens is 320 g/mol. The van der Waals surface area contributed by atoms with E-state index >= 15 is 0 Å². The first-order valence-electron chi connectivity index (χ1n) is 8.34. The van der Waals surface area contributed by atoms with E-state index in [-0.39, 0.29) is 12.6 Å². The van der Waals surface area contributed by atoms with Crippen molar-refractivity contribution in [2.45, 2.75) is 40.7 Å². The molecule has 0 amide bonds. The Morgan fingerprint density at radius 1 is 1.20 bits per heavy atom. The van der Waals surface area contributed by atoms with E-state index in [0.29, 0.717) is 0 Å². The Morgan fingerprint density at radius 3 is 2.44 bits per heavy atom. The SMILES string of the molecule is COC(=O)COc1c(C)cc(CNCCc2c(C)noc2C)cc1C. The van der Waals surface area contributed by atoms with E-state index in [1.807, 2.05) is 27.7 Å². The zero-order valence-electron chi connectivity index (χ0n) is 15.6. The number of carbonyl (C=O) groups excluding carboxylic acids is 1. The van der Waals surface area contributed by atoms with E-state index in [9.17, 15) is 4.79 Å². The molecule has 1 aromatic heterocycles. The van der Waals surface area contributed by atoms with Crippen molar-refractivity contribution < 1.29 is 18.8 Å². The highest BCUT2D eigenvalue weighted by molar-refractivity contribution is 5.71. The van der Waals surface area contributed by atoms with Crippen molar-refractivity contribution in [3.63, 3.8) is 0 Å². The average Bonchev–Trinajstić information content (AvgIpc) is 2.89. The lowest BCUT2D eigenvalue weighted by Gasteiger charge is -2.14. The molecule has 0 aliphatic carbocycles. The second kappa shape index (κ2) is 8.67. The molecule has 0 saturated carbocycles. The fraction of sp³-hybridized carbons (Fsp3) is 0.474. The number of rotatable bonds is 8. The summed E-state index contributed by atoms with van der Waals surface area (Å²) in [6.07, 6.45) is 0.888. The van der Waals surface area contributed by atoms with Gasteiger partial charge in [-0.1, -0.05) is 17.3 Å². The Labute approximate surface area is 148 Å². The lowest BCUT2D eigenvalue weighted by atomic mass is 10.1. The summed E-state index contributed by atoms with van der Waals surface area (Å²) in [7, 11) is 1.35. The second-order valence-electron chi connectivity index (χ2n) is 6.15. The fourth-order valence-electron chi connectivity index (χ4n) is 2.86. The van der Waals surface area contributed by atoms with Crippen molar-refractivity contribution in [1.29, 1.82) is 0 Å². The number of ether oxygens (including phenoxy) is 2. The van der Waals surface area contributed by atoms with Gasteiger partial charge in [0.2, 0.25) is 0 Å². The topological polar surface area (TPSA) is 73.6 Å². The number of aryl methyl sites for hydroxylation is 4. The molecule has 0 unspecified atom stereocenters. The van der Waals surface area contributed by atoms with Crippen molar-refractivity contribution in [3.05, 3.63) is 45.8 Å². The maximum absolute atomic E-state index is 11.2. The lowest BCUT2D eigenvalue weighted by molar-refractivity contribution is -0.142. The maximum atomic E-state index is 11.2. The third-order valence-electron chi connectivity index (χ3n) is 4.14. The normalized spacial score (nSPS) is 10.8. The first kappa shape index (κ1) is 19.0. The van der Waals surface area contributed by atoms with E-state index in [4.69, 9.17) is 9.26 Å². The zero-order chi connectivity index (χ0) is 18.4. The lowest BCUT2D eigenvalue weighted by Crippen LogP contribution is -2.18. The maximum Gasteiger partial charge on any atom is 0.343 e. The number of hydrogen-bond donors (Lipinski definition) is 1. The fourth-order valence-corrected chi connectivity index (χ4v) is 2.86. The minimum Gasteiger partial charge on any atom is -0.481 e. The molecule has 0 aliphatic rings. The quantitative estimate of drug-likeness (QED) is 0.585. The van der Waals surface area contributed by atoms with Crippen LogP contribution in [0.4, 0.5) is 0 Å². The summed E-state index contributed by atoms with van der Waals surface area (Å²) >= 11 is 0. The van der Waals surface area contributed by atoms with Gasteiger partial charge in [0.15, 0.2) is 6.61 Å². The van der Waals surface area contributed by atoms with Gasteiger partial charge in [-0.15, -0.1) is 0 Å². The number of aromatic nitrogens is 1. The highest BCUT2D eigenvalue weighted by Gasteiger charge is 2.10.